The number of rotatable bonds is 7. The predicted octanol–water partition coefficient (Wildman–Crippen LogP) is 6.66. The van der Waals surface area contributed by atoms with E-state index in [1.54, 1.807) is 18.2 Å². The number of anilines is 2. The van der Waals surface area contributed by atoms with E-state index in [1.807, 2.05) is 6.07 Å². The highest BCUT2D eigenvalue weighted by Crippen LogP contribution is 2.44. The summed E-state index contributed by atoms with van der Waals surface area (Å²) < 4.78 is 0. The minimum Gasteiger partial charge on any atom is -0.322 e. The van der Waals surface area contributed by atoms with E-state index in [1.165, 1.54) is 52.2 Å². The first-order valence-corrected chi connectivity index (χ1v) is 14.0. The molecule has 4 rings (SSSR count). The number of non-ortho nitro benzene ring substituents is 1. The molecular weight excluding hydrogens is 520 g/mol. The first-order chi connectivity index (χ1) is 18.0. The van der Waals surface area contributed by atoms with E-state index >= 15 is 0 Å². The van der Waals surface area contributed by atoms with E-state index in [0.717, 1.165) is 29.7 Å². The molecule has 0 aliphatic heterocycles. The zero-order chi connectivity index (χ0) is 27.4. The molecule has 1 aliphatic rings. The molecule has 1 heterocycles. The summed E-state index contributed by atoms with van der Waals surface area (Å²) in [6.07, 6.45) is 2.84. The molecule has 0 fully saturated rings. The van der Waals surface area contributed by atoms with Crippen molar-refractivity contribution in [3.63, 3.8) is 0 Å². The van der Waals surface area contributed by atoms with Crippen LogP contribution in [0.4, 0.5) is 16.4 Å². The molecule has 2 amide bonds. The van der Waals surface area contributed by atoms with Gasteiger partial charge in [-0.05, 0) is 66.5 Å². The van der Waals surface area contributed by atoms with Crippen LogP contribution in [0.25, 0.3) is 0 Å². The molecule has 0 spiro atoms. The second-order valence-corrected chi connectivity index (χ2v) is 12.4. The number of nitrogens with zero attached hydrogens (tertiary/aromatic N) is 2. The van der Waals surface area contributed by atoms with E-state index in [9.17, 15) is 25.0 Å². The number of hydrogen-bond acceptors (Lipinski definition) is 7. The van der Waals surface area contributed by atoms with Gasteiger partial charge in [0.25, 0.3) is 11.6 Å². The molecule has 8 nitrogen and oxygen atoms in total. The Hall–Kier alpha value is -3.68. The van der Waals surface area contributed by atoms with E-state index in [0.29, 0.717) is 27.7 Å². The molecule has 0 radical (unpaired) electrons. The van der Waals surface area contributed by atoms with Crippen LogP contribution in [-0.2, 0) is 17.6 Å². The number of hydrogen-bond donors (Lipinski definition) is 2. The number of nitro benzene ring substituents is 1. The maximum Gasteiger partial charge on any atom is 0.269 e. The Morgan fingerprint density at radius 1 is 1.18 bits per heavy atom. The number of nitriles is 1. The zero-order valence-corrected chi connectivity index (χ0v) is 23.0. The van der Waals surface area contributed by atoms with Gasteiger partial charge in [0.05, 0.1) is 16.2 Å². The molecule has 0 saturated carbocycles. The van der Waals surface area contributed by atoms with Gasteiger partial charge in [0.15, 0.2) is 0 Å². The Labute approximate surface area is 229 Å². The summed E-state index contributed by atoms with van der Waals surface area (Å²) in [5.74, 6) is 0.113. The summed E-state index contributed by atoms with van der Waals surface area (Å²) in [5, 5.41) is 26.9. The Morgan fingerprint density at radius 3 is 2.58 bits per heavy atom. The summed E-state index contributed by atoms with van der Waals surface area (Å²) >= 11 is 2.84. The molecule has 196 valence electrons. The van der Waals surface area contributed by atoms with Crippen LogP contribution in [0, 0.1) is 32.8 Å². The maximum absolute atomic E-state index is 12.8. The summed E-state index contributed by atoms with van der Waals surface area (Å²) in [6.45, 7) is 6.74. The lowest BCUT2D eigenvalue weighted by atomic mass is 9.72. The van der Waals surface area contributed by atoms with Crippen LogP contribution < -0.4 is 10.6 Å². The van der Waals surface area contributed by atoms with Crippen LogP contribution in [0.5, 0.6) is 0 Å². The smallest absolute Gasteiger partial charge is 0.269 e. The first kappa shape index (κ1) is 27.4. The number of nitro groups is 1. The summed E-state index contributed by atoms with van der Waals surface area (Å²) in [5.41, 5.74) is 2.63. The average Bonchev–Trinajstić information content (AvgIpc) is 3.23. The molecule has 1 aromatic heterocycles. The Bertz CT molecular complexity index is 1420. The van der Waals surface area contributed by atoms with Crippen molar-refractivity contribution in [2.75, 3.05) is 16.4 Å². The second-order valence-electron chi connectivity index (χ2n) is 10.2. The van der Waals surface area contributed by atoms with Crippen molar-refractivity contribution >= 4 is 51.3 Å². The first-order valence-electron chi connectivity index (χ1n) is 12.2. The molecule has 3 aromatic rings. The van der Waals surface area contributed by atoms with Crippen LogP contribution in [0.1, 0.15) is 53.6 Å². The highest BCUT2D eigenvalue weighted by Gasteiger charge is 2.32. The molecule has 0 saturated heterocycles. The van der Waals surface area contributed by atoms with Crippen molar-refractivity contribution < 1.29 is 14.5 Å². The average molecular weight is 549 g/mol. The third-order valence-corrected chi connectivity index (χ3v) is 8.82. The number of nitrogens with one attached hydrogen (secondary N) is 2. The van der Waals surface area contributed by atoms with Crippen LogP contribution in [0.15, 0.2) is 53.4 Å². The lowest BCUT2D eigenvalue weighted by molar-refractivity contribution is -0.384. The Morgan fingerprint density at radius 2 is 1.92 bits per heavy atom. The van der Waals surface area contributed by atoms with Gasteiger partial charge in [0, 0.05) is 33.2 Å². The topological polar surface area (TPSA) is 125 Å². The molecule has 1 unspecified atom stereocenters. The number of thiophene rings is 1. The lowest BCUT2D eigenvalue weighted by Gasteiger charge is -2.33. The van der Waals surface area contributed by atoms with Crippen molar-refractivity contribution in [3.05, 3.63) is 80.2 Å². The lowest BCUT2D eigenvalue weighted by Crippen LogP contribution is -2.26. The van der Waals surface area contributed by atoms with Crippen molar-refractivity contribution in [3.8, 4) is 6.07 Å². The fraction of sp³-hybridized carbons (Fsp3) is 0.321. The highest BCUT2D eigenvalue weighted by atomic mass is 32.2. The number of carbonyl (C=O) groups excluding carboxylic acids is 2. The third kappa shape index (κ3) is 6.41. The van der Waals surface area contributed by atoms with Crippen LogP contribution >= 0.6 is 23.1 Å². The number of fused-ring (bicyclic) bond motifs is 1. The quantitative estimate of drug-likeness (QED) is 0.193. The van der Waals surface area contributed by atoms with Crippen molar-refractivity contribution in [1.29, 1.82) is 5.26 Å². The fourth-order valence-electron chi connectivity index (χ4n) is 4.44. The van der Waals surface area contributed by atoms with Gasteiger partial charge in [-0.1, -0.05) is 26.8 Å². The van der Waals surface area contributed by atoms with E-state index in [2.05, 4.69) is 37.5 Å². The van der Waals surface area contributed by atoms with Gasteiger partial charge in [0.2, 0.25) is 5.91 Å². The molecule has 1 atom stereocenters. The SMILES string of the molecule is CC(C)(C)C1CCc2c(sc(NC(=O)CSc3cccc(NC(=O)c4ccc([N+](=O)[O-])cc4)c3)c2C#N)C1. The predicted molar refractivity (Wildman–Crippen MR) is 151 cm³/mol. The molecule has 0 bridgehead atoms. The van der Waals surface area contributed by atoms with Gasteiger partial charge < -0.3 is 10.6 Å². The van der Waals surface area contributed by atoms with E-state index in [4.69, 9.17) is 0 Å². The van der Waals surface area contributed by atoms with Gasteiger partial charge in [0.1, 0.15) is 11.1 Å². The molecule has 1 aliphatic carbocycles. The van der Waals surface area contributed by atoms with E-state index in [-0.39, 0.29) is 28.7 Å². The molecule has 2 aromatic carbocycles. The maximum atomic E-state index is 12.8. The molecular formula is C28H28N4O4S2. The van der Waals surface area contributed by atoms with Gasteiger partial charge in [-0.2, -0.15) is 5.26 Å². The Kier molecular flexibility index (Phi) is 8.19. The largest absolute Gasteiger partial charge is 0.322 e. The number of benzene rings is 2. The van der Waals surface area contributed by atoms with Crippen LogP contribution in [0.3, 0.4) is 0 Å². The normalized spacial score (nSPS) is 14.7. The van der Waals surface area contributed by atoms with Crippen molar-refractivity contribution in [1.82, 2.24) is 0 Å². The van der Waals surface area contributed by atoms with Gasteiger partial charge >= 0.3 is 0 Å². The van der Waals surface area contributed by atoms with Gasteiger partial charge in [-0.25, -0.2) is 0 Å². The van der Waals surface area contributed by atoms with Gasteiger partial charge in [-0.3, -0.25) is 19.7 Å². The Balaban J connectivity index is 1.36. The van der Waals surface area contributed by atoms with Crippen molar-refractivity contribution in [2.24, 2.45) is 11.3 Å². The summed E-state index contributed by atoms with van der Waals surface area (Å²) in [4.78, 5) is 37.6. The summed E-state index contributed by atoms with van der Waals surface area (Å²) in [6, 6.07) is 14.8. The highest BCUT2D eigenvalue weighted by molar-refractivity contribution is 8.00. The van der Waals surface area contributed by atoms with Crippen LogP contribution in [-0.4, -0.2) is 22.5 Å². The molecule has 10 heteroatoms. The van der Waals surface area contributed by atoms with Crippen molar-refractivity contribution in [2.45, 2.75) is 44.9 Å². The number of carbonyl (C=O) groups is 2. The van der Waals surface area contributed by atoms with Gasteiger partial charge in [-0.15, -0.1) is 23.1 Å². The van der Waals surface area contributed by atoms with Crippen LogP contribution in [0.2, 0.25) is 0 Å². The molecule has 2 N–H and O–H groups in total. The molecule has 38 heavy (non-hydrogen) atoms. The van der Waals surface area contributed by atoms with E-state index < -0.39 is 4.92 Å². The second kappa shape index (κ2) is 11.4. The fourth-order valence-corrected chi connectivity index (χ4v) is 6.49. The third-order valence-electron chi connectivity index (χ3n) is 6.66. The minimum absolute atomic E-state index is 0.0862. The summed E-state index contributed by atoms with van der Waals surface area (Å²) in [7, 11) is 0. The number of thioether (sulfide) groups is 1. The zero-order valence-electron chi connectivity index (χ0n) is 21.4. The standard InChI is InChI=1S/C28H28N4O4S2/c1-28(2,3)18-9-12-22-23(15-29)27(38-24(22)13-18)31-25(33)16-37-21-6-4-5-19(14-21)30-26(34)17-7-10-20(11-8-17)32(35)36/h4-8,10-11,14,18H,9,12-13,16H2,1-3H3,(H,30,34)(H,31,33). The monoisotopic (exact) mass is 548 g/mol. The minimum atomic E-state index is -0.519. The number of amides is 2.